The van der Waals surface area contributed by atoms with E-state index in [1.165, 1.54) is 51.5 Å². The molecule has 19 rings (SSSR count). The first kappa shape index (κ1) is 63.7. The van der Waals surface area contributed by atoms with Crippen LogP contribution < -0.4 is 41.3 Å². The molecule has 14 bridgehead atoms. The maximum Gasteiger partial charge on any atom is 0.204 e. The lowest BCUT2D eigenvalue weighted by Crippen LogP contribution is -2.67. The van der Waals surface area contributed by atoms with Crippen molar-refractivity contribution in [3.05, 3.63) is 225 Å². The van der Waals surface area contributed by atoms with Crippen molar-refractivity contribution >= 4 is 62.1 Å². The van der Waals surface area contributed by atoms with Gasteiger partial charge in [0.2, 0.25) is 5.75 Å². The molecule has 512 valence electrons. The molecule has 8 aromatic carbocycles. The van der Waals surface area contributed by atoms with Gasteiger partial charge in [-0.1, -0.05) is 158 Å². The van der Waals surface area contributed by atoms with Crippen LogP contribution in [0.1, 0.15) is 102 Å². The second kappa shape index (κ2) is 25.2. The van der Waals surface area contributed by atoms with E-state index in [0.29, 0.717) is 54.6 Å². The summed E-state index contributed by atoms with van der Waals surface area (Å²) in [6.07, 6.45) is 13.4. The number of aliphatic hydroxyl groups is 2. The fourth-order valence-corrected chi connectivity index (χ4v) is 19.7. The summed E-state index contributed by atoms with van der Waals surface area (Å²) in [5.74, 6) is 17.7. The van der Waals surface area contributed by atoms with Crippen molar-refractivity contribution in [2.24, 2.45) is 52.0 Å². The first-order chi connectivity index (χ1) is 49.8. The van der Waals surface area contributed by atoms with Crippen LogP contribution in [0, 0.1) is 59.2 Å². The molecule has 4 aliphatic carbocycles. The van der Waals surface area contributed by atoms with Crippen LogP contribution in [-0.4, -0.2) is 84.5 Å². The minimum atomic E-state index is -0.915. The van der Waals surface area contributed by atoms with Gasteiger partial charge in [0, 0.05) is 77.6 Å². The van der Waals surface area contributed by atoms with Crippen LogP contribution in [0.25, 0.3) is 67.1 Å². The third-order valence-electron chi connectivity index (χ3n) is 24.5. The van der Waals surface area contributed by atoms with E-state index in [1.54, 1.807) is 30.3 Å². The number of hydrogen-bond donors (Lipinski definition) is 7. The number of phenols is 1. The zero-order valence-corrected chi connectivity index (χ0v) is 57.3. The highest BCUT2D eigenvalue weighted by Gasteiger charge is 2.63. The number of aliphatic hydroxyl groups excluding tert-OH is 2. The number of nitrogens with two attached hydrogens (primary N) is 2. The summed E-state index contributed by atoms with van der Waals surface area (Å²) in [7, 11) is 1.53. The van der Waals surface area contributed by atoms with Crippen LogP contribution >= 0.6 is 0 Å². The number of guanidine groups is 1. The number of ether oxygens (including phenoxy) is 3. The fraction of sp³-hybridized carbons (Fsp3) is 0.318. The first-order valence-electron chi connectivity index (χ1n) is 36.3. The molecule has 0 amide bonds. The van der Waals surface area contributed by atoms with Gasteiger partial charge in [-0.3, -0.25) is 4.79 Å². The van der Waals surface area contributed by atoms with Crippen molar-refractivity contribution < 1.29 is 33.9 Å². The molecule has 1 spiro atoms. The molecule has 14 nitrogen and oxygen atoms in total. The van der Waals surface area contributed by atoms with E-state index in [2.05, 4.69) is 155 Å². The number of rotatable bonds is 10. The lowest BCUT2D eigenvalue weighted by atomic mass is 9.60. The van der Waals surface area contributed by atoms with E-state index < -0.39 is 40.9 Å². The fourth-order valence-electron chi connectivity index (χ4n) is 19.7. The number of H-pyrrole nitrogens is 1. The Morgan fingerprint density at radius 2 is 1.67 bits per heavy atom. The molecule has 9 N–H and O–H groups in total. The number of benzene rings is 8. The third-order valence-corrected chi connectivity index (χ3v) is 24.5. The zero-order chi connectivity index (χ0) is 69.1. The summed E-state index contributed by atoms with van der Waals surface area (Å²) < 4.78 is 28.0. The highest BCUT2D eigenvalue weighted by Crippen LogP contribution is 2.65. The summed E-state index contributed by atoms with van der Waals surface area (Å²) >= 11 is 0. The van der Waals surface area contributed by atoms with Crippen molar-refractivity contribution in [2.45, 2.75) is 99.1 Å². The highest BCUT2D eigenvalue weighted by molar-refractivity contribution is 6.02. The Bertz CT molecular complexity index is 5320. The summed E-state index contributed by atoms with van der Waals surface area (Å²) in [6, 6.07) is 52.9. The normalized spacial score (nSPS) is 26.5. The van der Waals surface area contributed by atoms with Gasteiger partial charge < -0.3 is 60.6 Å². The molecule has 1 saturated heterocycles. The first-order valence-corrected chi connectivity index (χ1v) is 36.3. The average molecular weight is 1350 g/mol. The van der Waals surface area contributed by atoms with E-state index in [9.17, 15) is 15.3 Å². The summed E-state index contributed by atoms with van der Waals surface area (Å²) in [5.41, 5.74) is 23.3. The van der Waals surface area contributed by atoms with E-state index >= 15 is 4.79 Å². The van der Waals surface area contributed by atoms with E-state index in [4.69, 9.17) is 35.1 Å². The van der Waals surface area contributed by atoms with Crippen LogP contribution in [0.2, 0.25) is 0 Å². The molecule has 3 saturated carbocycles. The Balaban J connectivity index is 0.930. The molecule has 102 heavy (non-hydrogen) atoms. The third kappa shape index (κ3) is 10.5. The standard InChI is InChI=1S/C88H82N6O8/c1-87-62-25-18-53(70(87)33-27-62)23-32-71-66-31-22-55-16-17-59-42-56-12-6-7-13-57(56)43-67(59)77(55)69(66)47-88(71)63-26-19-60(73(44-63)92-86(89)90)41-52(48-95)49-101-81-78(61-24-34-72-84(88)94(37-36-91-72)85-68(45-76(87)93-85)58-14-8-11-51(39-58)40-61)80-79(74(98)46-75(102-80)54-20-29-64(96)30-21-54)82(83(81)99-2)100-38-35-65(97)28-15-50-9-4-3-5-10-50/h3-17,19-22,26,28-31,39,42-46,52-53,61-62,65-66,69-72,84,91,93,95-97H,18,25,27,33,35-38,40-41,47-49H2,1-2H3,(H4,89,90,92). The van der Waals surface area contributed by atoms with Gasteiger partial charge in [0.25, 0.3) is 0 Å². The van der Waals surface area contributed by atoms with Crippen molar-refractivity contribution in [3.8, 4) is 69.1 Å². The van der Waals surface area contributed by atoms with Gasteiger partial charge in [-0.2, -0.15) is 0 Å². The number of methoxy groups -OCH3 is 1. The monoisotopic (exact) mass is 1350 g/mol. The maximum absolute atomic E-state index is 15.7. The minimum Gasteiger partial charge on any atom is -0.508 e. The van der Waals surface area contributed by atoms with E-state index in [1.807, 2.05) is 36.4 Å². The van der Waals surface area contributed by atoms with Crippen molar-refractivity contribution in [3.63, 3.8) is 0 Å². The Hall–Kier alpha value is -10.5. The van der Waals surface area contributed by atoms with Crippen LogP contribution in [0.3, 0.4) is 0 Å². The number of aromatic nitrogens is 1. The quantitative estimate of drug-likeness (QED) is 0.0295. The van der Waals surface area contributed by atoms with Crippen LogP contribution in [0.15, 0.2) is 184 Å². The number of piperazine rings is 1. The smallest absolute Gasteiger partial charge is 0.204 e. The van der Waals surface area contributed by atoms with Crippen molar-refractivity contribution in [2.75, 3.05) is 44.9 Å². The lowest BCUT2D eigenvalue weighted by molar-refractivity contribution is 0.152. The van der Waals surface area contributed by atoms with Crippen molar-refractivity contribution in [1.29, 1.82) is 0 Å². The van der Waals surface area contributed by atoms with Gasteiger partial charge in [0.15, 0.2) is 28.5 Å². The Kier molecular flexibility index (Phi) is 15.8. The topological polar surface area (TPSA) is 214 Å². The molecule has 0 radical (unpaired) electrons. The number of aromatic amines is 1. The summed E-state index contributed by atoms with van der Waals surface area (Å²) in [5, 5.41) is 43.0. The van der Waals surface area contributed by atoms with E-state index in [-0.39, 0.29) is 107 Å². The molecule has 5 aliphatic heterocycles. The van der Waals surface area contributed by atoms with Crippen LogP contribution in [-0.2, 0) is 23.7 Å². The van der Waals surface area contributed by atoms with Gasteiger partial charge in [0.1, 0.15) is 22.7 Å². The number of fused-ring (bicyclic) bond motifs is 17. The van der Waals surface area contributed by atoms with Gasteiger partial charge in [-0.25, -0.2) is 4.99 Å². The molecule has 10 aromatic rings. The molecule has 7 heterocycles. The lowest BCUT2D eigenvalue weighted by Gasteiger charge is -2.53. The molecule has 13 atom stereocenters. The minimum absolute atomic E-state index is 0.0133. The number of hydrogen-bond acceptors (Lipinski definition) is 11. The second-order valence-corrected chi connectivity index (χ2v) is 29.9. The average Bonchev–Trinajstić information content (AvgIpc) is 1.50. The molecule has 9 aliphatic rings. The molecule has 4 fully saturated rings. The second-order valence-electron chi connectivity index (χ2n) is 29.9. The predicted octanol–water partition coefficient (Wildman–Crippen LogP) is 14.4. The van der Waals surface area contributed by atoms with Crippen molar-refractivity contribution in [1.82, 2.24) is 10.3 Å². The van der Waals surface area contributed by atoms with E-state index in [0.717, 1.165) is 64.9 Å². The van der Waals surface area contributed by atoms with Gasteiger partial charge >= 0.3 is 0 Å². The highest BCUT2D eigenvalue weighted by atomic mass is 16.5. The molecular formula is C88H82N6O8. The number of anilines is 1. The predicted molar refractivity (Wildman–Crippen MR) is 403 cm³/mol. The molecular weight excluding hydrogens is 1270 g/mol. The number of aromatic hydroxyl groups is 1. The largest absolute Gasteiger partial charge is 0.508 e. The zero-order valence-electron chi connectivity index (χ0n) is 57.3. The van der Waals surface area contributed by atoms with Gasteiger partial charge in [0.05, 0.1) is 55.7 Å². The van der Waals surface area contributed by atoms with Crippen LogP contribution in [0.5, 0.6) is 23.0 Å². The molecule has 13 unspecified atom stereocenters. The number of phenolic OH excluding ortho intramolecular Hbond substituents is 1. The number of allylic oxidation sites excluding steroid dienone is 1. The molecule has 2 aromatic heterocycles. The Labute approximate surface area is 593 Å². The summed E-state index contributed by atoms with van der Waals surface area (Å²) in [6.45, 7) is 3.37. The Morgan fingerprint density at radius 1 is 0.833 bits per heavy atom. The Morgan fingerprint density at radius 3 is 2.50 bits per heavy atom. The summed E-state index contributed by atoms with van der Waals surface area (Å²) in [4.78, 5) is 27.8. The van der Waals surface area contributed by atoms with Gasteiger partial charge in [-0.15, -0.1) is 0 Å². The van der Waals surface area contributed by atoms with Gasteiger partial charge in [-0.05, 0) is 178 Å². The van der Waals surface area contributed by atoms with Crippen LogP contribution in [0.4, 0.5) is 11.5 Å². The number of nitrogens with one attached hydrogen (secondary N) is 2. The maximum atomic E-state index is 15.7. The number of aliphatic imine (C=N–C) groups is 1. The SMILES string of the molecule is COc1c2c(c3oc(-c4ccc(O)cc4)cc(=O)c3c1OCCC(O)C=Cc1ccccc1)C1C#CC3NCCN4c5[nH]c(cc5-c5cccc(c5)C1)C1(C)C5CCC(C#CC6C7C=Cc8ccc9cc%10ccccc%10cc9c8C7CC6(c6ccc(c(N=C(N)N)c6)CC(CO)CO2)C34)C1CC5. The molecule has 14 heteroatoms. The number of nitrogens with zero attached hydrogens (tertiary/aromatic N) is 2.